The van der Waals surface area contributed by atoms with Gasteiger partial charge in [0.2, 0.25) is 0 Å². The largest absolute Gasteiger partial charge is 0.459 e. The number of hydrogen-bond donors (Lipinski definition) is 2. The number of carbonyl (C=O) groups is 2. The number of amides is 2. The molecule has 1 aliphatic heterocycles. The van der Waals surface area contributed by atoms with Gasteiger partial charge in [0.05, 0.1) is 0 Å². The molecule has 2 heterocycles. The predicted octanol–water partition coefficient (Wildman–Crippen LogP) is 5.25. The van der Waals surface area contributed by atoms with Gasteiger partial charge in [-0.15, -0.1) is 0 Å². The fourth-order valence-corrected chi connectivity index (χ4v) is 3.37. The Kier molecular flexibility index (Phi) is 4.94. The number of nitrogens with one attached hydrogen (secondary N) is 2. The molecule has 2 aromatic carbocycles. The Labute approximate surface area is 171 Å². The number of urea groups is 1. The maximum atomic E-state index is 13.2. The minimum absolute atomic E-state index is 0.253. The summed E-state index contributed by atoms with van der Waals surface area (Å²) in [6.45, 7) is 1.67. The van der Waals surface area contributed by atoms with Crippen LogP contribution in [0.25, 0.3) is 11.3 Å². The van der Waals surface area contributed by atoms with Crippen molar-refractivity contribution in [2.75, 3.05) is 0 Å². The molecule has 7 heteroatoms. The van der Waals surface area contributed by atoms with Gasteiger partial charge in [-0.3, -0.25) is 4.79 Å². The summed E-state index contributed by atoms with van der Waals surface area (Å²) in [6, 6.07) is 14.6. The van der Waals surface area contributed by atoms with Crippen molar-refractivity contribution in [1.29, 1.82) is 0 Å². The summed E-state index contributed by atoms with van der Waals surface area (Å²) in [5, 5.41) is 5.90. The average molecular weight is 411 g/mol. The zero-order valence-electron chi connectivity index (χ0n) is 15.3. The number of rotatable bonds is 4. The Morgan fingerprint density at radius 3 is 2.41 bits per heavy atom. The highest BCUT2D eigenvalue weighted by molar-refractivity contribution is 6.30. The molecule has 0 spiro atoms. The summed E-state index contributed by atoms with van der Waals surface area (Å²) in [5.74, 6) is 0.302. The SMILES string of the molecule is CC1=C(C(=O)c2ccc(Cl)cc2)[C@@H](c2ccc(-c3ccc(F)cc3)o2)NC(=O)N1. The van der Waals surface area contributed by atoms with Crippen molar-refractivity contribution in [2.24, 2.45) is 0 Å². The van der Waals surface area contributed by atoms with E-state index in [1.54, 1.807) is 55.5 Å². The Morgan fingerprint density at radius 2 is 1.72 bits per heavy atom. The Bertz CT molecular complexity index is 1120. The van der Waals surface area contributed by atoms with Crippen LogP contribution in [0, 0.1) is 5.82 Å². The molecule has 0 unspecified atom stereocenters. The zero-order chi connectivity index (χ0) is 20.5. The summed E-state index contributed by atoms with van der Waals surface area (Å²) >= 11 is 5.91. The number of allylic oxidation sites excluding steroid dienone is 1. The Balaban J connectivity index is 1.72. The fourth-order valence-electron chi connectivity index (χ4n) is 3.24. The molecule has 3 aromatic rings. The molecule has 4 rings (SSSR count). The van der Waals surface area contributed by atoms with Crippen LogP contribution in [0.1, 0.15) is 29.1 Å². The van der Waals surface area contributed by atoms with E-state index in [4.69, 9.17) is 16.0 Å². The minimum Gasteiger partial charge on any atom is -0.459 e. The van der Waals surface area contributed by atoms with Crippen molar-refractivity contribution in [3.63, 3.8) is 0 Å². The third kappa shape index (κ3) is 3.79. The van der Waals surface area contributed by atoms with Gasteiger partial charge in [-0.05, 0) is 67.6 Å². The van der Waals surface area contributed by atoms with Gasteiger partial charge in [0.1, 0.15) is 23.4 Å². The molecule has 146 valence electrons. The van der Waals surface area contributed by atoms with Crippen LogP contribution in [0.4, 0.5) is 9.18 Å². The third-order valence-electron chi connectivity index (χ3n) is 4.66. The quantitative estimate of drug-likeness (QED) is 0.577. The van der Waals surface area contributed by atoms with E-state index in [-0.39, 0.29) is 11.6 Å². The summed E-state index contributed by atoms with van der Waals surface area (Å²) in [4.78, 5) is 25.2. The first-order valence-corrected chi connectivity index (χ1v) is 9.24. The van der Waals surface area contributed by atoms with Gasteiger partial charge in [0, 0.05) is 27.4 Å². The lowest BCUT2D eigenvalue weighted by Gasteiger charge is -2.27. The van der Waals surface area contributed by atoms with Gasteiger partial charge >= 0.3 is 6.03 Å². The lowest BCUT2D eigenvalue weighted by molar-refractivity contribution is 0.102. The normalized spacial score (nSPS) is 16.4. The molecule has 1 aromatic heterocycles. The molecule has 0 radical (unpaired) electrons. The Morgan fingerprint density at radius 1 is 1.03 bits per heavy atom. The lowest BCUT2D eigenvalue weighted by atomic mass is 9.93. The van der Waals surface area contributed by atoms with Gasteiger partial charge in [0.25, 0.3) is 0 Å². The molecule has 2 N–H and O–H groups in total. The molecule has 0 bridgehead atoms. The van der Waals surface area contributed by atoms with E-state index in [9.17, 15) is 14.0 Å². The first-order valence-electron chi connectivity index (χ1n) is 8.86. The number of halogens is 2. The van der Waals surface area contributed by atoms with Crippen LogP contribution in [0.15, 0.2) is 76.4 Å². The second-order valence-corrected chi connectivity index (χ2v) is 7.05. The molecule has 2 amide bonds. The van der Waals surface area contributed by atoms with Gasteiger partial charge in [-0.1, -0.05) is 11.6 Å². The van der Waals surface area contributed by atoms with Crippen molar-refractivity contribution in [3.05, 3.63) is 94.1 Å². The summed E-state index contributed by atoms with van der Waals surface area (Å²) in [6.07, 6.45) is 0. The van der Waals surface area contributed by atoms with Crippen molar-refractivity contribution in [1.82, 2.24) is 10.6 Å². The zero-order valence-corrected chi connectivity index (χ0v) is 16.1. The summed E-state index contributed by atoms with van der Waals surface area (Å²) in [7, 11) is 0. The van der Waals surface area contributed by atoms with Crippen LogP contribution >= 0.6 is 11.6 Å². The van der Waals surface area contributed by atoms with Crippen molar-refractivity contribution >= 4 is 23.4 Å². The van der Waals surface area contributed by atoms with Crippen molar-refractivity contribution in [3.8, 4) is 11.3 Å². The third-order valence-corrected chi connectivity index (χ3v) is 4.91. The first kappa shape index (κ1) is 19.0. The number of hydrogen-bond acceptors (Lipinski definition) is 3. The molecular formula is C22H16ClFN2O3. The highest BCUT2D eigenvalue weighted by Gasteiger charge is 2.33. The van der Waals surface area contributed by atoms with Crippen LogP contribution in [0.3, 0.4) is 0 Å². The van der Waals surface area contributed by atoms with Gasteiger partial charge < -0.3 is 15.1 Å². The predicted molar refractivity (Wildman–Crippen MR) is 107 cm³/mol. The molecule has 0 saturated heterocycles. The highest BCUT2D eigenvalue weighted by Crippen LogP contribution is 2.33. The van der Waals surface area contributed by atoms with E-state index in [1.165, 1.54) is 12.1 Å². The summed E-state index contributed by atoms with van der Waals surface area (Å²) in [5.41, 5.74) is 1.94. The molecule has 1 aliphatic rings. The van der Waals surface area contributed by atoms with Gasteiger partial charge in [-0.25, -0.2) is 9.18 Å². The van der Waals surface area contributed by atoms with Crippen molar-refractivity contribution < 1.29 is 18.4 Å². The van der Waals surface area contributed by atoms with E-state index >= 15 is 0 Å². The average Bonchev–Trinajstić information content (AvgIpc) is 3.18. The first-order chi connectivity index (χ1) is 13.9. The van der Waals surface area contributed by atoms with E-state index in [0.717, 1.165) is 0 Å². The molecule has 29 heavy (non-hydrogen) atoms. The smallest absolute Gasteiger partial charge is 0.319 e. The second-order valence-electron chi connectivity index (χ2n) is 6.62. The van der Waals surface area contributed by atoms with Crippen LogP contribution in [-0.2, 0) is 0 Å². The monoisotopic (exact) mass is 410 g/mol. The van der Waals surface area contributed by atoms with E-state index < -0.39 is 12.1 Å². The fraction of sp³-hybridized carbons (Fsp3) is 0.0909. The molecular weight excluding hydrogens is 395 g/mol. The Hall–Kier alpha value is -3.38. The van der Waals surface area contributed by atoms with Crippen LogP contribution < -0.4 is 10.6 Å². The maximum absolute atomic E-state index is 13.2. The number of carbonyl (C=O) groups excluding carboxylic acids is 2. The van der Waals surface area contributed by atoms with Crippen LogP contribution in [0.2, 0.25) is 5.02 Å². The molecule has 5 nitrogen and oxygen atoms in total. The van der Waals surface area contributed by atoms with E-state index in [2.05, 4.69) is 10.6 Å². The van der Waals surface area contributed by atoms with E-state index in [1.807, 2.05) is 0 Å². The van der Waals surface area contributed by atoms with Crippen LogP contribution in [-0.4, -0.2) is 11.8 Å². The molecule has 0 saturated carbocycles. The molecule has 0 fully saturated rings. The maximum Gasteiger partial charge on any atom is 0.319 e. The number of Topliss-reactive ketones (excluding diaryl/α,β-unsaturated/α-hetero) is 1. The highest BCUT2D eigenvalue weighted by atomic mass is 35.5. The number of furan rings is 1. The minimum atomic E-state index is -0.763. The molecule has 0 aliphatic carbocycles. The second kappa shape index (κ2) is 7.56. The lowest BCUT2D eigenvalue weighted by Crippen LogP contribution is -2.45. The standard InChI is InChI=1S/C22H16ClFN2O3/c1-12-19(21(27)14-2-6-15(23)7-3-14)20(26-22(28)25-12)18-11-10-17(29-18)13-4-8-16(24)9-5-13/h2-11,20H,1H3,(H2,25,26,28)/t20-/m1/s1. The van der Waals surface area contributed by atoms with Crippen molar-refractivity contribution in [2.45, 2.75) is 13.0 Å². The number of benzene rings is 2. The topological polar surface area (TPSA) is 71.3 Å². The number of ketones is 1. The van der Waals surface area contributed by atoms with Gasteiger partial charge in [0.15, 0.2) is 5.78 Å². The van der Waals surface area contributed by atoms with Gasteiger partial charge in [-0.2, -0.15) is 0 Å². The van der Waals surface area contributed by atoms with E-state index in [0.29, 0.717) is 38.9 Å². The molecule has 1 atom stereocenters. The van der Waals surface area contributed by atoms with Crippen LogP contribution in [0.5, 0.6) is 0 Å². The summed E-state index contributed by atoms with van der Waals surface area (Å²) < 4.78 is 19.1.